The van der Waals surface area contributed by atoms with E-state index in [1.54, 1.807) is 18.3 Å². The first-order chi connectivity index (χ1) is 13.6. The molecule has 0 aliphatic heterocycles. The summed E-state index contributed by atoms with van der Waals surface area (Å²) in [5.41, 5.74) is 3.20. The highest BCUT2D eigenvalue weighted by Crippen LogP contribution is 2.33. The van der Waals surface area contributed by atoms with Gasteiger partial charge in [0.15, 0.2) is 11.5 Å². The number of imidazole rings is 1. The molecule has 2 heterocycles. The fraction of sp³-hybridized carbons (Fsp3) is 0.0952. The lowest BCUT2D eigenvalue weighted by Crippen LogP contribution is -2.04. The fourth-order valence-corrected chi connectivity index (χ4v) is 2.88. The molecule has 0 saturated heterocycles. The summed E-state index contributed by atoms with van der Waals surface area (Å²) in [6.45, 7) is 1.35. The van der Waals surface area contributed by atoms with Crippen LogP contribution in [0.4, 0.5) is 11.6 Å². The van der Waals surface area contributed by atoms with Crippen molar-refractivity contribution in [1.82, 2.24) is 14.4 Å². The third kappa shape index (κ3) is 3.50. The van der Waals surface area contributed by atoms with Crippen molar-refractivity contribution in [3.05, 3.63) is 67.0 Å². The Morgan fingerprint density at radius 3 is 2.64 bits per heavy atom. The highest BCUT2D eigenvalue weighted by molar-refractivity contribution is 5.73. The van der Waals surface area contributed by atoms with Crippen molar-refractivity contribution in [2.75, 3.05) is 12.4 Å². The minimum atomic E-state index is -0.405. The van der Waals surface area contributed by atoms with Gasteiger partial charge < -0.3 is 14.8 Å². The highest BCUT2D eigenvalue weighted by Gasteiger charge is 2.13. The van der Waals surface area contributed by atoms with E-state index in [0.717, 1.165) is 16.9 Å². The predicted molar refractivity (Wildman–Crippen MR) is 106 cm³/mol. The van der Waals surface area contributed by atoms with Crippen LogP contribution >= 0.6 is 0 Å². The van der Waals surface area contributed by atoms with E-state index in [4.69, 9.17) is 14.5 Å². The minimum absolute atomic E-state index is 0.364. The van der Waals surface area contributed by atoms with Gasteiger partial charge in [0, 0.05) is 36.6 Å². The number of rotatable bonds is 5. The molecule has 0 radical (unpaired) electrons. The van der Waals surface area contributed by atoms with E-state index in [1.165, 1.54) is 14.0 Å². The van der Waals surface area contributed by atoms with Crippen LogP contribution in [0.5, 0.6) is 11.5 Å². The van der Waals surface area contributed by atoms with Gasteiger partial charge in [0.25, 0.3) is 0 Å². The molecule has 28 heavy (non-hydrogen) atoms. The standard InChI is InChI=1S/C21H18N4O3/c1-14(26)28-18-9-8-15(12-19(18)27-2)17-13-20-22-10-11-25(20)21(24-17)23-16-6-4-3-5-7-16/h3-13H,1-2H3,(H,23,24). The lowest BCUT2D eigenvalue weighted by atomic mass is 10.1. The van der Waals surface area contributed by atoms with Crippen LogP contribution in [0.15, 0.2) is 67.0 Å². The summed E-state index contributed by atoms with van der Waals surface area (Å²) in [5, 5.41) is 3.32. The van der Waals surface area contributed by atoms with Gasteiger partial charge >= 0.3 is 5.97 Å². The first-order valence-electron chi connectivity index (χ1n) is 8.67. The summed E-state index contributed by atoms with van der Waals surface area (Å²) in [4.78, 5) is 20.4. The number of carbonyl (C=O) groups excluding carboxylic acids is 1. The second-order valence-electron chi connectivity index (χ2n) is 6.07. The van der Waals surface area contributed by atoms with Crippen LogP contribution in [0.3, 0.4) is 0 Å². The van der Waals surface area contributed by atoms with Gasteiger partial charge in [-0.25, -0.2) is 9.97 Å². The van der Waals surface area contributed by atoms with Crippen molar-refractivity contribution in [2.45, 2.75) is 6.92 Å². The molecule has 0 bridgehead atoms. The number of ether oxygens (including phenoxy) is 2. The molecule has 0 unspecified atom stereocenters. The number of hydrogen-bond donors (Lipinski definition) is 1. The van der Waals surface area contributed by atoms with Crippen LogP contribution in [0.2, 0.25) is 0 Å². The number of methoxy groups -OCH3 is 1. The Morgan fingerprint density at radius 1 is 1.07 bits per heavy atom. The van der Waals surface area contributed by atoms with Gasteiger partial charge in [-0.3, -0.25) is 9.20 Å². The van der Waals surface area contributed by atoms with Crippen LogP contribution in [0, 0.1) is 0 Å². The predicted octanol–water partition coefficient (Wildman–Crippen LogP) is 4.07. The number of esters is 1. The van der Waals surface area contributed by atoms with Crippen molar-refractivity contribution < 1.29 is 14.3 Å². The molecule has 0 atom stereocenters. The second-order valence-corrected chi connectivity index (χ2v) is 6.07. The lowest BCUT2D eigenvalue weighted by molar-refractivity contribution is -0.132. The Morgan fingerprint density at radius 2 is 1.89 bits per heavy atom. The molecule has 2 aromatic heterocycles. The van der Waals surface area contributed by atoms with Gasteiger partial charge in [-0.1, -0.05) is 18.2 Å². The summed E-state index contributed by atoms with van der Waals surface area (Å²) < 4.78 is 12.4. The zero-order chi connectivity index (χ0) is 19.5. The molecule has 4 rings (SSSR count). The number of nitrogens with one attached hydrogen (secondary N) is 1. The average molecular weight is 374 g/mol. The van der Waals surface area contributed by atoms with Crippen LogP contribution in [0.25, 0.3) is 16.9 Å². The van der Waals surface area contributed by atoms with Gasteiger partial charge in [-0.15, -0.1) is 0 Å². The van der Waals surface area contributed by atoms with E-state index in [-0.39, 0.29) is 0 Å². The molecule has 4 aromatic rings. The van der Waals surface area contributed by atoms with Crippen LogP contribution < -0.4 is 14.8 Å². The number of benzene rings is 2. The van der Waals surface area contributed by atoms with E-state index < -0.39 is 5.97 Å². The van der Waals surface area contributed by atoms with Crippen LogP contribution in [-0.2, 0) is 4.79 Å². The molecule has 0 aliphatic rings. The summed E-state index contributed by atoms with van der Waals surface area (Å²) in [5.74, 6) is 1.05. The Bertz CT molecular complexity index is 1140. The van der Waals surface area contributed by atoms with E-state index in [2.05, 4.69) is 10.3 Å². The smallest absolute Gasteiger partial charge is 0.308 e. The van der Waals surface area contributed by atoms with E-state index in [9.17, 15) is 4.79 Å². The van der Waals surface area contributed by atoms with Crippen molar-refractivity contribution in [2.24, 2.45) is 0 Å². The number of hydrogen-bond acceptors (Lipinski definition) is 6. The Hall–Kier alpha value is -3.87. The minimum Gasteiger partial charge on any atom is -0.493 e. The number of para-hydroxylation sites is 1. The SMILES string of the molecule is COc1cc(-c2cc3nccn3c(Nc3ccccc3)n2)ccc1OC(C)=O. The van der Waals surface area contributed by atoms with Crippen molar-refractivity contribution in [1.29, 1.82) is 0 Å². The zero-order valence-electron chi connectivity index (χ0n) is 15.4. The zero-order valence-corrected chi connectivity index (χ0v) is 15.4. The number of carbonyl (C=O) groups is 1. The van der Waals surface area contributed by atoms with E-state index >= 15 is 0 Å². The van der Waals surface area contributed by atoms with E-state index in [1.807, 2.05) is 53.1 Å². The Labute approximate surface area is 161 Å². The maximum absolute atomic E-state index is 11.3. The molecular formula is C21H18N4O3. The average Bonchev–Trinajstić information content (AvgIpc) is 3.17. The Kier molecular flexibility index (Phi) is 4.63. The summed E-state index contributed by atoms with van der Waals surface area (Å²) in [6.07, 6.45) is 3.57. The summed E-state index contributed by atoms with van der Waals surface area (Å²) in [6, 6.07) is 17.0. The molecule has 7 heteroatoms. The van der Waals surface area contributed by atoms with Gasteiger partial charge in [0.1, 0.15) is 5.65 Å². The summed E-state index contributed by atoms with van der Waals surface area (Å²) in [7, 11) is 1.53. The maximum atomic E-state index is 11.3. The van der Waals surface area contributed by atoms with Crippen LogP contribution in [0.1, 0.15) is 6.92 Å². The Balaban J connectivity index is 1.78. The molecular weight excluding hydrogens is 356 g/mol. The first kappa shape index (κ1) is 17.5. The molecule has 0 spiro atoms. The lowest BCUT2D eigenvalue weighted by Gasteiger charge is -2.12. The van der Waals surface area contributed by atoms with Gasteiger partial charge in [0.05, 0.1) is 12.8 Å². The van der Waals surface area contributed by atoms with Crippen LogP contribution in [-0.4, -0.2) is 27.4 Å². The molecule has 1 N–H and O–H groups in total. The fourth-order valence-electron chi connectivity index (χ4n) is 2.88. The maximum Gasteiger partial charge on any atom is 0.308 e. The largest absolute Gasteiger partial charge is 0.493 e. The first-order valence-corrected chi connectivity index (χ1v) is 8.67. The monoisotopic (exact) mass is 374 g/mol. The van der Waals surface area contributed by atoms with Gasteiger partial charge in [0.2, 0.25) is 5.95 Å². The molecule has 0 aliphatic carbocycles. The van der Waals surface area contributed by atoms with Crippen molar-refractivity contribution in [3.63, 3.8) is 0 Å². The molecule has 0 fully saturated rings. The highest BCUT2D eigenvalue weighted by atomic mass is 16.6. The second kappa shape index (κ2) is 7.40. The number of aromatic nitrogens is 3. The quantitative estimate of drug-likeness (QED) is 0.419. The van der Waals surface area contributed by atoms with Crippen molar-refractivity contribution >= 4 is 23.3 Å². The van der Waals surface area contributed by atoms with Gasteiger partial charge in [-0.2, -0.15) is 0 Å². The third-order valence-electron chi connectivity index (χ3n) is 4.13. The molecule has 0 amide bonds. The third-order valence-corrected chi connectivity index (χ3v) is 4.13. The number of fused-ring (bicyclic) bond motifs is 1. The topological polar surface area (TPSA) is 77.8 Å². The molecule has 7 nitrogen and oxygen atoms in total. The summed E-state index contributed by atoms with van der Waals surface area (Å²) >= 11 is 0. The molecule has 2 aromatic carbocycles. The van der Waals surface area contributed by atoms with Gasteiger partial charge in [-0.05, 0) is 30.3 Å². The number of nitrogens with zero attached hydrogens (tertiary/aromatic N) is 3. The molecule has 0 saturated carbocycles. The number of anilines is 2. The van der Waals surface area contributed by atoms with Crippen molar-refractivity contribution in [3.8, 4) is 22.8 Å². The molecule has 140 valence electrons. The van der Waals surface area contributed by atoms with E-state index in [0.29, 0.717) is 23.1 Å². The normalized spacial score (nSPS) is 10.6.